The number of carbonyl (C=O) groups is 2. The van der Waals surface area contributed by atoms with Crippen molar-refractivity contribution in [2.75, 3.05) is 20.6 Å². The average molecular weight is 698 g/mol. The molecule has 3 aromatic rings. The number of hydrogen-bond acceptors (Lipinski definition) is 4. The van der Waals surface area contributed by atoms with Gasteiger partial charge in [0.05, 0.1) is 18.0 Å². The van der Waals surface area contributed by atoms with Gasteiger partial charge in [-0.2, -0.15) is 13.2 Å². The molecule has 7 nitrogen and oxygen atoms in total. The molecule has 50 heavy (non-hydrogen) atoms. The molecule has 2 heterocycles. The Morgan fingerprint density at radius 1 is 0.960 bits per heavy atom. The lowest BCUT2D eigenvalue weighted by Crippen LogP contribution is -2.40. The number of nitrogens with one attached hydrogen (secondary N) is 1. The number of pyridine rings is 1. The molecule has 2 N–H and O–H groups in total. The standard InChI is InChI=1S/C39H47F4N3O4/c1-23-16-24(2)36-26(17-23)10-8-6-5-7-9-11-33(46-22-27(14-15-45(3)4)31(20-34(46)47)39(41,42)43)38(50)44-32(21-35(48)49)30-19-28(36)18-29(37(30)40)25-12-13-25/h16-20,22,25,32-33H,5-15,21H2,1-4H3,(H,44,50)(H,48,49)/t32-,33-/m0/s1. The highest BCUT2D eigenvalue weighted by molar-refractivity contribution is 5.82. The summed E-state index contributed by atoms with van der Waals surface area (Å²) in [6.45, 7) is 4.33. The van der Waals surface area contributed by atoms with Crippen LogP contribution >= 0.6 is 0 Å². The number of hydrogen-bond donors (Lipinski definition) is 2. The highest BCUT2D eigenvalue weighted by atomic mass is 19.4. The summed E-state index contributed by atoms with van der Waals surface area (Å²) in [7, 11) is 3.45. The number of fused-ring (bicyclic) bond motifs is 4. The first-order valence-corrected chi connectivity index (χ1v) is 17.6. The number of aryl methyl sites for hydroxylation is 3. The van der Waals surface area contributed by atoms with E-state index in [4.69, 9.17) is 0 Å². The lowest BCUT2D eigenvalue weighted by Gasteiger charge is -2.27. The summed E-state index contributed by atoms with van der Waals surface area (Å²) in [6.07, 6.45) is 2.16. The molecule has 2 atom stereocenters. The van der Waals surface area contributed by atoms with Gasteiger partial charge < -0.3 is 19.9 Å². The molecule has 0 saturated heterocycles. The van der Waals surface area contributed by atoms with Crippen LogP contribution in [0.4, 0.5) is 17.6 Å². The average Bonchev–Trinajstić information content (AvgIpc) is 3.86. The van der Waals surface area contributed by atoms with Gasteiger partial charge in [-0.3, -0.25) is 14.4 Å². The molecule has 1 aromatic heterocycles. The van der Waals surface area contributed by atoms with Gasteiger partial charge in [0.15, 0.2) is 0 Å². The first kappa shape index (κ1) is 37.3. The fourth-order valence-corrected chi connectivity index (χ4v) is 7.33. The zero-order chi connectivity index (χ0) is 36.3. The highest BCUT2D eigenvalue weighted by Gasteiger charge is 2.36. The largest absolute Gasteiger partial charge is 0.481 e. The smallest absolute Gasteiger partial charge is 0.416 e. The second kappa shape index (κ2) is 15.5. The second-order valence-corrected chi connectivity index (χ2v) is 14.3. The van der Waals surface area contributed by atoms with Crippen LogP contribution in [-0.4, -0.2) is 47.1 Å². The normalized spacial score (nSPS) is 19.3. The van der Waals surface area contributed by atoms with Crippen LogP contribution in [-0.2, 0) is 28.6 Å². The second-order valence-electron chi connectivity index (χ2n) is 14.3. The highest BCUT2D eigenvalue weighted by Crippen LogP contribution is 2.45. The number of carboxylic acids is 1. The maximum Gasteiger partial charge on any atom is 0.416 e. The molecule has 0 radical (unpaired) electrons. The number of carboxylic acid groups (broad SMARTS) is 1. The van der Waals surface area contributed by atoms with Crippen molar-refractivity contribution >= 4 is 11.9 Å². The van der Waals surface area contributed by atoms with Gasteiger partial charge in [0.25, 0.3) is 5.56 Å². The Kier molecular flexibility index (Phi) is 11.5. The minimum Gasteiger partial charge on any atom is -0.481 e. The Bertz CT molecular complexity index is 1800. The van der Waals surface area contributed by atoms with Crippen LogP contribution in [0.15, 0.2) is 41.3 Å². The molecule has 1 aliphatic carbocycles. The van der Waals surface area contributed by atoms with Gasteiger partial charge in [-0.15, -0.1) is 0 Å². The van der Waals surface area contributed by atoms with E-state index in [0.29, 0.717) is 18.1 Å². The van der Waals surface area contributed by atoms with Gasteiger partial charge >= 0.3 is 12.1 Å². The van der Waals surface area contributed by atoms with Crippen LogP contribution in [0.1, 0.15) is 115 Å². The van der Waals surface area contributed by atoms with Crippen LogP contribution in [0, 0.1) is 19.7 Å². The van der Waals surface area contributed by atoms with E-state index >= 15 is 4.39 Å². The third kappa shape index (κ3) is 8.83. The number of likely N-dealkylation sites (N-methyl/N-ethyl adjacent to an activating group) is 1. The van der Waals surface area contributed by atoms with Gasteiger partial charge in [0, 0.05) is 24.4 Å². The van der Waals surface area contributed by atoms with Gasteiger partial charge in [0.1, 0.15) is 11.9 Å². The van der Waals surface area contributed by atoms with Crippen LogP contribution < -0.4 is 10.9 Å². The lowest BCUT2D eigenvalue weighted by molar-refractivity contribution is -0.139. The molecule has 0 spiro atoms. The Morgan fingerprint density at radius 2 is 1.64 bits per heavy atom. The van der Waals surface area contributed by atoms with E-state index in [9.17, 15) is 32.7 Å². The number of amides is 1. The Labute approximate surface area is 290 Å². The van der Waals surface area contributed by atoms with Crippen LogP contribution in [0.3, 0.4) is 0 Å². The SMILES string of the molecule is Cc1cc(C)c2c(c1)CCCCCCC[C@H](n1cc(CCN(C)C)c(C(F)(F)F)cc1=O)C(=O)N[C@@H](CC(=O)O)c1cc-2cc(C2CC2)c1F. The molecule has 2 aromatic carbocycles. The minimum absolute atomic E-state index is 0.0134. The summed E-state index contributed by atoms with van der Waals surface area (Å²) in [5.41, 5.74) is 3.39. The zero-order valence-corrected chi connectivity index (χ0v) is 29.3. The predicted molar refractivity (Wildman–Crippen MR) is 185 cm³/mol. The molecule has 1 saturated carbocycles. The van der Waals surface area contributed by atoms with E-state index < -0.39 is 53.5 Å². The molecule has 5 rings (SSSR count). The van der Waals surface area contributed by atoms with Crippen molar-refractivity contribution in [3.63, 3.8) is 0 Å². The molecule has 2 aliphatic rings. The van der Waals surface area contributed by atoms with Gasteiger partial charge in [-0.05, 0) is 118 Å². The van der Waals surface area contributed by atoms with Crippen molar-refractivity contribution in [2.45, 2.75) is 109 Å². The Morgan fingerprint density at radius 3 is 2.30 bits per heavy atom. The summed E-state index contributed by atoms with van der Waals surface area (Å²) in [4.78, 5) is 41.5. The molecular weight excluding hydrogens is 650 g/mol. The van der Waals surface area contributed by atoms with E-state index in [2.05, 4.69) is 17.4 Å². The van der Waals surface area contributed by atoms with Crippen molar-refractivity contribution < 1.29 is 32.3 Å². The monoisotopic (exact) mass is 697 g/mol. The number of alkyl halides is 3. The lowest BCUT2D eigenvalue weighted by atomic mass is 9.86. The number of carbonyl (C=O) groups excluding carboxylic acids is 1. The van der Waals surface area contributed by atoms with Gasteiger partial charge in [-0.1, -0.05) is 43.4 Å². The number of halogens is 4. The van der Waals surface area contributed by atoms with Crippen LogP contribution in [0.5, 0.6) is 0 Å². The van der Waals surface area contributed by atoms with Crippen molar-refractivity contribution in [3.8, 4) is 11.1 Å². The fraction of sp³-hybridized carbons (Fsp3) is 0.513. The number of aromatic nitrogens is 1. The quantitative estimate of drug-likeness (QED) is 0.244. The summed E-state index contributed by atoms with van der Waals surface area (Å²) in [6, 6.07) is 5.75. The van der Waals surface area contributed by atoms with Gasteiger partial charge in [0.2, 0.25) is 5.91 Å². The Balaban J connectivity index is 1.65. The third-order valence-corrected chi connectivity index (χ3v) is 9.93. The third-order valence-electron chi connectivity index (χ3n) is 9.93. The van der Waals surface area contributed by atoms with Crippen LogP contribution in [0.25, 0.3) is 11.1 Å². The molecule has 1 amide bonds. The number of benzene rings is 2. The topological polar surface area (TPSA) is 91.6 Å². The van der Waals surface area contributed by atoms with E-state index in [0.717, 1.165) is 83.5 Å². The summed E-state index contributed by atoms with van der Waals surface area (Å²) < 4.78 is 59.7. The first-order chi connectivity index (χ1) is 23.6. The first-order valence-electron chi connectivity index (χ1n) is 17.6. The molecular formula is C39H47F4N3O4. The van der Waals surface area contributed by atoms with Crippen molar-refractivity contribution in [2.24, 2.45) is 0 Å². The minimum atomic E-state index is -4.77. The summed E-state index contributed by atoms with van der Waals surface area (Å²) >= 11 is 0. The van der Waals surface area contributed by atoms with Crippen LogP contribution in [0.2, 0.25) is 0 Å². The molecule has 2 bridgehead atoms. The Hall–Kier alpha value is -3.99. The molecule has 1 fully saturated rings. The van der Waals surface area contributed by atoms with Crippen molar-refractivity contribution in [1.82, 2.24) is 14.8 Å². The molecule has 11 heteroatoms. The van der Waals surface area contributed by atoms with E-state index in [-0.39, 0.29) is 36.4 Å². The zero-order valence-electron chi connectivity index (χ0n) is 29.3. The maximum absolute atomic E-state index is 16.5. The maximum atomic E-state index is 16.5. The predicted octanol–water partition coefficient (Wildman–Crippen LogP) is 8.04. The summed E-state index contributed by atoms with van der Waals surface area (Å²) in [5.74, 6) is -2.59. The number of aliphatic carboxylic acids is 1. The fourth-order valence-electron chi connectivity index (χ4n) is 7.33. The van der Waals surface area contributed by atoms with E-state index in [1.165, 1.54) is 0 Å². The van der Waals surface area contributed by atoms with E-state index in [1.807, 2.05) is 19.9 Å². The van der Waals surface area contributed by atoms with Crippen molar-refractivity contribution in [1.29, 1.82) is 0 Å². The molecule has 1 aliphatic heterocycles. The van der Waals surface area contributed by atoms with E-state index in [1.54, 1.807) is 25.1 Å². The number of nitrogens with zero attached hydrogens (tertiary/aromatic N) is 2. The number of rotatable bonds is 7. The summed E-state index contributed by atoms with van der Waals surface area (Å²) in [5, 5.41) is 12.7. The van der Waals surface area contributed by atoms with Gasteiger partial charge in [-0.25, -0.2) is 4.39 Å². The van der Waals surface area contributed by atoms with Crippen molar-refractivity contribution in [3.05, 3.63) is 91.6 Å². The molecule has 270 valence electrons. The molecule has 0 unspecified atom stereocenters.